The Morgan fingerprint density at radius 3 is 2.78 bits per heavy atom. The van der Waals surface area contributed by atoms with Crippen LogP contribution in [0.3, 0.4) is 0 Å². The molecule has 4 nitrogen and oxygen atoms in total. The topological polar surface area (TPSA) is 58.8 Å². The maximum Gasteiger partial charge on any atom is 0.187 e. The van der Waals surface area contributed by atoms with E-state index >= 15 is 0 Å². The van der Waals surface area contributed by atoms with Crippen LogP contribution in [0.15, 0.2) is 41.8 Å². The van der Waals surface area contributed by atoms with Crippen LogP contribution >= 0.6 is 11.8 Å². The van der Waals surface area contributed by atoms with E-state index in [1.165, 1.54) is 11.8 Å². The number of rotatable bonds is 4. The highest BCUT2D eigenvalue weighted by atomic mass is 32.2. The summed E-state index contributed by atoms with van der Waals surface area (Å²) in [7, 11) is 1.62. The van der Waals surface area contributed by atoms with Crippen molar-refractivity contribution in [1.29, 1.82) is 5.26 Å². The van der Waals surface area contributed by atoms with Crippen molar-refractivity contribution >= 4 is 11.8 Å². The quantitative estimate of drug-likeness (QED) is 0.622. The molecule has 0 amide bonds. The molecule has 0 aliphatic carbocycles. The summed E-state index contributed by atoms with van der Waals surface area (Å²) in [4.78, 5) is 8.28. The number of ether oxygens (including phenoxy) is 1. The number of benzene rings is 1. The van der Waals surface area contributed by atoms with E-state index in [-0.39, 0.29) is 0 Å². The third-order valence-corrected chi connectivity index (χ3v) is 3.23. The summed E-state index contributed by atoms with van der Waals surface area (Å²) in [6.45, 7) is 0. The lowest BCUT2D eigenvalue weighted by atomic mass is 10.1. The van der Waals surface area contributed by atoms with Gasteiger partial charge in [0.05, 0.1) is 18.7 Å². The Bertz CT molecular complexity index is 566. The number of methoxy groups -OCH3 is 1. The number of hydrogen-bond donors (Lipinski definition) is 0. The van der Waals surface area contributed by atoms with E-state index in [2.05, 4.69) is 16.0 Å². The fourth-order valence-corrected chi connectivity index (χ4v) is 2.24. The Morgan fingerprint density at radius 1 is 1.33 bits per heavy atom. The van der Waals surface area contributed by atoms with Crippen molar-refractivity contribution in [3.63, 3.8) is 0 Å². The van der Waals surface area contributed by atoms with Crippen LogP contribution in [-0.2, 0) is 5.75 Å². The second-order valence-corrected chi connectivity index (χ2v) is 4.40. The summed E-state index contributed by atoms with van der Waals surface area (Å²) in [5.74, 6) is 1.44. The van der Waals surface area contributed by atoms with Crippen molar-refractivity contribution in [2.45, 2.75) is 10.9 Å². The fourth-order valence-electron chi connectivity index (χ4n) is 1.46. The highest BCUT2D eigenvalue weighted by molar-refractivity contribution is 7.98. The second-order valence-electron chi connectivity index (χ2n) is 3.46. The van der Waals surface area contributed by atoms with Gasteiger partial charge < -0.3 is 4.74 Å². The zero-order valence-electron chi connectivity index (χ0n) is 9.83. The molecule has 0 saturated heterocycles. The van der Waals surface area contributed by atoms with Gasteiger partial charge in [0.2, 0.25) is 0 Å². The Kier molecular flexibility index (Phi) is 4.15. The number of thioether (sulfide) groups is 1. The molecule has 0 N–H and O–H groups in total. The lowest BCUT2D eigenvalue weighted by Crippen LogP contribution is -1.92. The molecule has 2 aromatic rings. The van der Waals surface area contributed by atoms with Gasteiger partial charge in [-0.25, -0.2) is 9.97 Å². The molecule has 5 heteroatoms. The monoisotopic (exact) mass is 257 g/mol. The molecule has 0 fully saturated rings. The summed E-state index contributed by atoms with van der Waals surface area (Å²) >= 11 is 1.51. The molecule has 1 aromatic carbocycles. The first-order chi connectivity index (χ1) is 8.83. The Morgan fingerprint density at radius 2 is 2.11 bits per heavy atom. The molecule has 0 aliphatic rings. The molecule has 90 valence electrons. The SMILES string of the molecule is COc1ccc(C#N)cc1CSc1ncccn1. The van der Waals surface area contributed by atoms with Crippen LogP contribution in [0.25, 0.3) is 0 Å². The van der Waals surface area contributed by atoms with Crippen molar-refractivity contribution in [3.8, 4) is 11.8 Å². The molecule has 2 rings (SSSR count). The van der Waals surface area contributed by atoms with Crippen molar-refractivity contribution in [1.82, 2.24) is 9.97 Å². The van der Waals surface area contributed by atoms with Crippen molar-refractivity contribution < 1.29 is 4.74 Å². The number of hydrogen-bond acceptors (Lipinski definition) is 5. The molecular formula is C13H11N3OS. The van der Waals surface area contributed by atoms with Crippen LogP contribution in [-0.4, -0.2) is 17.1 Å². The normalized spacial score (nSPS) is 9.78. The zero-order valence-corrected chi connectivity index (χ0v) is 10.6. The minimum absolute atomic E-state index is 0.625. The molecule has 0 spiro atoms. The van der Waals surface area contributed by atoms with Gasteiger partial charge >= 0.3 is 0 Å². The van der Waals surface area contributed by atoms with Crippen LogP contribution in [0.4, 0.5) is 0 Å². The Balaban J connectivity index is 2.15. The minimum atomic E-state index is 0.625. The van der Waals surface area contributed by atoms with Crippen LogP contribution in [0.2, 0.25) is 0 Å². The van der Waals surface area contributed by atoms with Gasteiger partial charge in [-0.3, -0.25) is 0 Å². The van der Waals surface area contributed by atoms with Gasteiger partial charge in [-0.2, -0.15) is 5.26 Å². The third-order valence-electron chi connectivity index (χ3n) is 2.31. The molecule has 0 radical (unpaired) electrons. The predicted molar refractivity (Wildman–Crippen MR) is 69.3 cm³/mol. The molecule has 0 atom stereocenters. The zero-order chi connectivity index (χ0) is 12.8. The molecule has 18 heavy (non-hydrogen) atoms. The van der Waals surface area contributed by atoms with E-state index < -0.39 is 0 Å². The molecule has 1 heterocycles. The number of nitrogens with zero attached hydrogens (tertiary/aromatic N) is 3. The maximum atomic E-state index is 8.89. The first kappa shape index (κ1) is 12.4. The summed E-state index contributed by atoms with van der Waals surface area (Å²) in [6.07, 6.45) is 3.41. The van der Waals surface area contributed by atoms with Crippen LogP contribution in [0, 0.1) is 11.3 Å². The van der Waals surface area contributed by atoms with E-state index in [4.69, 9.17) is 10.00 Å². The van der Waals surface area contributed by atoms with Gasteiger partial charge in [0.1, 0.15) is 5.75 Å². The summed E-state index contributed by atoms with van der Waals surface area (Å²) < 4.78 is 5.27. The van der Waals surface area contributed by atoms with Gasteiger partial charge in [0.25, 0.3) is 0 Å². The molecule has 0 aliphatic heterocycles. The number of nitriles is 1. The van der Waals surface area contributed by atoms with Crippen molar-refractivity contribution in [2.75, 3.05) is 7.11 Å². The smallest absolute Gasteiger partial charge is 0.187 e. The highest BCUT2D eigenvalue weighted by Crippen LogP contribution is 2.26. The van der Waals surface area contributed by atoms with Crippen LogP contribution in [0.5, 0.6) is 5.75 Å². The van der Waals surface area contributed by atoms with E-state index in [1.807, 2.05) is 6.07 Å². The van der Waals surface area contributed by atoms with E-state index in [1.54, 1.807) is 37.7 Å². The molecule has 0 saturated carbocycles. The van der Waals surface area contributed by atoms with E-state index in [0.29, 0.717) is 16.5 Å². The van der Waals surface area contributed by atoms with Gasteiger partial charge in [0.15, 0.2) is 5.16 Å². The second kappa shape index (κ2) is 6.03. The average Bonchev–Trinajstić information content (AvgIpc) is 2.45. The largest absolute Gasteiger partial charge is 0.496 e. The van der Waals surface area contributed by atoms with Gasteiger partial charge in [-0.1, -0.05) is 11.8 Å². The van der Waals surface area contributed by atoms with Crippen LogP contribution < -0.4 is 4.74 Å². The molecular weight excluding hydrogens is 246 g/mol. The van der Waals surface area contributed by atoms with Gasteiger partial charge in [-0.05, 0) is 24.3 Å². The lowest BCUT2D eigenvalue weighted by Gasteiger charge is -2.07. The average molecular weight is 257 g/mol. The summed E-state index contributed by atoms with van der Waals surface area (Å²) in [6, 6.07) is 9.28. The maximum absolute atomic E-state index is 8.89. The van der Waals surface area contributed by atoms with Crippen LogP contribution in [0.1, 0.15) is 11.1 Å². The standard InChI is InChI=1S/C13H11N3OS/c1-17-12-4-3-10(8-14)7-11(12)9-18-13-15-5-2-6-16-13/h2-7H,9H2,1H3. The molecule has 0 unspecified atom stereocenters. The lowest BCUT2D eigenvalue weighted by molar-refractivity contribution is 0.411. The van der Waals surface area contributed by atoms with Crippen molar-refractivity contribution in [2.24, 2.45) is 0 Å². The van der Waals surface area contributed by atoms with Gasteiger partial charge in [-0.15, -0.1) is 0 Å². The van der Waals surface area contributed by atoms with Crippen molar-refractivity contribution in [3.05, 3.63) is 47.8 Å². The first-order valence-electron chi connectivity index (χ1n) is 5.30. The third kappa shape index (κ3) is 2.99. The van der Waals surface area contributed by atoms with Gasteiger partial charge in [0, 0.05) is 23.7 Å². The summed E-state index contributed by atoms with van der Waals surface area (Å²) in [5.41, 5.74) is 1.59. The fraction of sp³-hybridized carbons (Fsp3) is 0.154. The first-order valence-corrected chi connectivity index (χ1v) is 6.29. The van der Waals surface area contributed by atoms with E-state index in [9.17, 15) is 0 Å². The summed E-state index contributed by atoms with van der Waals surface area (Å²) in [5, 5.41) is 9.60. The Hall–Kier alpha value is -2.06. The molecule has 1 aromatic heterocycles. The predicted octanol–water partition coefficient (Wildman–Crippen LogP) is 2.65. The highest BCUT2D eigenvalue weighted by Gasteiger charge is 2.06. The molecule has 0 bridgehead atoms. The number of aromatic nitrogens is 2. The Labute approximate surface area is 110 Å². The van der Waals surface area contributed by atoms with E-state index in [0.717, 1.165) is 11.3 Å². The minimum Gasteiger partial charge on any atom is -0.496 e.